The maximum Gasteiger partial charge on any atom is 0.236 e. The molecule has 1 fully saturated rings. The van der Waals surface area contributed by atoms with Gasteiger partial charge in [-0.15, -0.1) is 17.0 Å². The van der Waals surface area contributed by atoms with E-state index in [4.69, 9.17) is 0 Å². The lowest BCUT2D eigenvalue weighted by atomic mass is 10.1. The van der Waals surface area contributed by atoms with Gasteiger partial charge in [-0.2, -0.15) is 0 Å². The minimum Gasteiger partial charge on any atom is -0.340 e. The van der Waals surface area contributed by atoms with Gasteiger partial charge < -0.3 is 10.2 Å². The molecule has 0 aliphatic carbocycles. The van der Waals surface area contributed by atoms with Crippen LogP contribution in [-0.4, -0.2) is 37.0 Å². The molecule has 4 heteroatoms. The minimum absolute atomic E-state index is 0. The van der Waals surface area contributed by atoms with Gasteiger partial charge in [-0.3, -0.25) is 4.79 Å². The summed E-state index contributed by atoms with van der Waals surface area (Å²) < 4.78 is 0. The SMILES string of the molecule is Br.CCC(C)CN1CCNCC1=O. The zero-order valence-corrected chi connectivity index (χ0v) is 10.1. The monoisotopic (exact) mass is 250 g/mol. The van der Waals surface area contributed by atoms with Crippen LogP contribution in [0.15, 0.2) is 0 Å². The molecular formula is C9H19BrN2O. The van der Waals surface area contributed by atoms with Crippen molar-refractivity contribution in [2.75, 3.05) is 26.2 Å². The molecule has 0 radical (unpaired) electrons. The van der Waals surface area contributed by atoms with E-state index in [0.717, 1.165) is 26.1 Å². The molecule has 1 aliphatic rings. The summed E-state index contributed by atoms with van der Waals surface area (Å²) in [6.07, 6.45) is 1.15. The molecule has 78 valence electrons. The second-order valence-corrected chi connectivity index (χ2v) is 3.53. The number of piperazine rings is 1. The Hall–Kier alpha value is -0.0900. The van der Waals surface area contributed by atoms with Crippen molar-refractivity contribution in [2.45, 2.75) is 20.3 Å². The molecule has 1 aliphatic heterocycles. The van der Waals surface area contributed by atoms with E-state index >= 15 is 0 Å². The first-order chi connectivity index (χ1) is 5.74. The predicted octanol–water partition coefficient (Wildman–Crippen LogP) is 1.04. The van der Waals surface area contributed by atoms with Crippen LogP contribution in [0.2, 0.25) is 0 Å². The van der Waals surface area contributed by atoms with Crippen molar-refractivity contribution in [2.24, 2.45) is 5.92 Å². The van der Waals surface area contributed by atoms with Gasteiger partial charge in [0, 0.05) is 19.6 Å². The highest BCUT2D eigenvalue weighted by Crippen LogP contribution is 2.05. The zero-order chi connectivity index (χ0) is 8.97. The lowest BCUT2D eigenvalue weighted by molar-refractivity contribution is -0.132. The molecule has 13 heavy (non-hydrogen) atoms. The van der Waals surface area contributed by atoms with E-state index in [0.29, 0.717) is 12.5 Å². The van der Waals surface area contributed by atoms with E-state index in [9.17, 15) is 4.79 Å². The first kappa shape index (κ1) is 12.9. The molecule has 1 heterocycles. The Morgan fingerprint density at radius 3 is 2.85 bits per heavy atom. The van der Waals surface area contributed by atoms with Gasteiger partial charge in [0.15, 0.2) is 0 Å². The first-order valence-corrected chi connectivity index (χ1v) is 4.72. The van der Waals surface area contributed by atoms with Crippen LogP contribution in [0.5, 0.6) is 0 Å². The highest BCUT2D eigenvalue weighted by Gasteiger charge is 2.18. The molecule has 1 atom stereocenters. The molecule has 0 bridgehead atoms. The first-order valence-electron chi connectivity index (χ1n) is 4.72. The molecule has 1 amide bonds. The molecule has 0 aromatic rings. The maximum atomic E-state index is 11.3. The van der Waals surface area contributed by atoms with Crippen molar-refractivity contribution in [3.63, 3.8) is 0 Å². The van der Waals surface area contributed by atoms with Gasteiger partial charge in [-0.05, 0) is 5.92 Å². The Morgan fingerprint density at radius 2 is 2.31 bits per heavy atom. The number of hydrogen-bond donors (Lipinski definition) is 1. The topological polar surface area (TPSA) is 32.3 Å². The molecule has 3 nitrogen and oxygen atoms in total. The van der Waals surface area contributed by atoms with Crippen LogP contribution >= 0.6 is 17.0 Å². The highest BCUT2D eigenvalue weighted by atomic mass is 79.9. The molecule has 1 rings (SSSR count). The molecule has 0 saturated carbocycles. The molecule has 1 unspecified atom stereocenters. The van der Waals surface area contributed by atoms with E-state index < -0.39 is 0 Å². The van der Waals surface area contributed by atoms with Crippen LogP contribution < -0.4 is 5.32 Å². The minimum atomic E-state index is 0. The second-order valence-electron chi connectivity index (χ2n) is 3.53. The molecule has 1 N–H and O–H groups in total. The highest BCUT2D eigenvalue weighted by molar-refractivity contribution is 8.93. The Kier molecular flexibility index (Phi) is 6.33. The normalized spacial score (nSPS) is 19.5. The fourth-order valence-electron chi connectivity index (χ4n) is 1.34. The fraction of sp³-hybridized carbons (Fsp3) is 0.889. The van der Waals surface area contributed by atoms with Gasteiger partial charge >= 0.3 is 0 Å². The van der Waals surface area contributed by atoms with Crippen molar-refractivity contribution in [1.82, 2.24) is 10.2 Å². The average molecular weight is 251 g/mol. The van der Waals surface area contributed by atoms with Crippen LogP contribution in [0.3, 0.4) is 0 Å². The third-order valence-electron chi connectivity index (χ3n) is 2.42. The Morgan fingerprint density at radius 1 is 1.62 bits per heavy atom. The molecule has 1 saturated heterocycles. The van der Waals surface area contributed by atoms with Crippen molar-refractivity contribution in [3.05, 3.63) is 0 Å². The smallest absolute Gasteiger partial charge is 0.236 e. The third-order valence-corrected chi connectivity index (χ3v) is 2.42. The van der Waals surface area contributed by atoms with Crippen molar-refractivity contribution in [1.29, 1.82) is 0 Å². The number of nitrogens with one attached hydrogen (secondary N) is 1. The quantitative estimate of drug-likeness (QED) is 0.813. The lowest BCUT2D eigenvalue weighted by Gasteiger charge is -2.29. The van der Waals surface area contributed by atoms with Gasteiger partial charge in [0.05, 0.1) is 6.54 Å². The predicted molar refractivity (Wildman–Crippen MR) is 59.2 cm³/mol. The summed E-state index contributed by atoms with van der Waals surface area (Å²) in [7, 11) is 0. The van der Waals surface area contributed by atoms with Crippen molar-refractivity contribution in [3.8, 4) is 0 Å². The number of amides is 1. The Labute approximate surface area is 90.6 Å². The van der Waals surface area contributed by atoms with Crippen molar-refractivity contribution < 1.29 is 4.79 Å². The summed E-state index contributed by atoms with van der Waals surface area (Å²) in [5.74, 6) is 0.883. The Bertz CT molecular complexity index is 164. The summed E-state index contributed by atoms with van der Waals surface area (Å²) in [6, 6.07) is 0. The summed E-state index contributed by atoms with van der Waals surface area (Å²) in [6.45, 7) is 7.63. The van der Waals surface area contributed by atoms with E-state index in [1.807, 2.05) is 4.90 Å². The number of carbonyl (C=O) groups is 1. The number of hydrogen-bond acceptors (Lipinski definition) is 2. The van der Waals surface area contributed by atoms with Crippen LogP contribution in [0.1, 0.15) is 20.3 Å². The summed E-state index contributed by atoms with van der Waals surface area (Å²) in [4.78, 5) is 13.3. The maximum absolute atomic E-state index is 11.3. The number of nitrogens with zero attached hydrogens (tertiary/aromatic N) is 1. The third kappa shape index (κ3) is 4.09. The number of carbonyl (C=O) groups excluding carboxylic acids is 1. The van der Waals surface area contributed by atoms with Crippen LogP contribution in [-0.2, 0) is 4.79 Å². The van der Waals surface area contributed by atoms with E-state index in [1.54, 1.807) is 0 Å². The van der Waals surface area contributed by atoms with Crippen molar-refractivity contribution >= 4 is 22.9 Å². The summed E-state index contributed by atoms with van der Waals surface area (Å²) in [5, 5.41) is 3.06. The van der Waals surface area contributed by atoms with Crippen LogP contribution in [0.4, 0.5) is 0 Å². The van der Waals surface area contributed by atoms with Gasteiger partial charge in [-0.25, -0.2) is 0 Å². The van der Waals surface area contributed by atoms with Gasteiger partial charge in [-0.1, -0.05) is 20.3 Å². The van der Waals surface area contributed by atoms with E-state index in [2.05, 4.69) is 19.2 Å². The van der Waals surface area contributed by atoms with E-state index in [1.165, 1.54) is 0 Å². The zero-order valence-electron chi connectivity index (χ0n) is 8.38. The lowest BCUT2D eigenvalue weighted by Crippen LogP contribution is -2.49. The molecule has 0 aromatic heterocycles. The standard InChI is InChI=1S/C9H18N2O.BrH/c1-3-8(2)7-11-5-4-10-6-9(11)12;/h8,10H,3-7H2,1-2H3;1H. The largest absolute Gasteiger partial charge is 0.340 e. The summed E-state index contributed by atoms with van der Waals surface area (Å²) in [5.41, 5.74) is 0. The Balaban J connectivity index is 0.00000144. The average Bonchev–Trinajstić information content (AvgIpc) is 2.09. The fourth-order valence-corrected chi connectivity index (χ4v) is 1.34. The van der Waals surface area contributed by atoms with Crippen LogP contribution in [0, 0.1) is 5.92 Å². The number of halogens is 1. The van der Waals surface area contributed by atoms with Crippen LogP contribution in [0.25, 0.3) is 0 Å². The van der Waals surface area contributed by atoms with Gasteiger partial charge in [0.1, 0.15) is 0 Å². The number of rotatable bonds is 3. The second kappa shape index (κ2) is 6.38. The molecule has 0 aromatic carbocycles. The van der Waals surface area contributed by atoms with Gasteiger partial charge in [0.2, 0.25) is 5.91 Å². The van der Waals surface area contributed by atoms with E-state index in [-0.39, 0.29) is 22.9 Å². The molecular weight excluding hydrogens is 232 g/mol. The molecule has 0 spiro atoms. The summed E-state index contributed by atoms with van der Waals surface area (Å²) >= 11 is 0. The van der Waals surface area contributed by atoms with Gasteiger partial charge in [0.25, 0.3) is 0 Å².